The van der Waals surface area contributed by atoms with Crippen LogP contribution in [0.25, 0.3) is 0 Å². The highest BCUT2D eigenvalue weighted by atomic mass is 16.3. The van der Waals surface area contributed by atoms with Crippen molar-refractivity contribution < 1.29 is 5.11 Å². The van der Waals surface area contributed by atoms with Gasteiger partial charge in [0.1, 0.15) is 0 Å². The molecular formula is C8H17NO. The van der Waals surface area contributed by atoms with E-state index in [0.29, 0.717) is 0 Å². The van der Waals surface area contributed by atoms with Gasteiger partial charge in [0.15, 0.2) is 0 Å². The molecule has 0 spiro atoms. The van der Waals surface area contributed by atoms with Crippen LogP contribution < -0.4 is 0 Å². The van der Waals surface area contributed by atoms with Crippen LogP contribution in [0.1, 0.15) is 26.7 Å². The molecule has 1 aliphatic rings. The van der Waals surface area contributed by atoms with Gasteiger partial charge in [0.05, 0.1) is 6.10 Å². The first-order valence-electron chi connectivity index (χ1n) is 3.96. The number of likely N-dealkylation sites (N-methyl/N-ethyl adjacent to an activating group) is 1. The predicted molar refractivity (Wildman–Crippen MR) is 41.9 cm³/mol. The van der Waals surface area contributed by atoms with Crippen LogP contribution >= 0.6 is 0 Å². The van der Waals surface area contributed by atoms with Crippen molar-refractivity contribution in [3.05, 3.63) is 0 Å². The van der Waals surface area contributed by atoms with Gasteiger partial charge in [-0.05, 0) is 40.3 Å². The van der Waals surface area contributed by atoms with E-state index in [0.717, 1.165) is 13.0 Å². The molecule has 1 saturated heterocycles. The molecule has 1 rings (SSSR count). The molecule has 2 atom stereocenters. The molecule has 0 aromatic rings. The number of aliphatic hydroxyl groups is 1. The molecule has 0 amide bonds. The number of nitrogens with zero attached hydrogens (tertiary/aromatic N) is 1. The number of hydrogen-bond donors (Lipinski definition) is 1. The molecule has 0 radical (unpaired) electrons. The number of aliphatic hydroxyl groups excluding tert-OH is 1. The number of likely N-dealkylation sites (tertiary alicyclic amines) is 1. The Morgan fingerprint density at radius 1 is 1.60 bits per heavy atom. The molecule has 1 fully saturated rings. The standard InChI is InChI=1S/C8H17NO/c1-7(10)8(2)5-4-6-9(8)3/h7,10H,4-6H2,1-3H3/t7-,8-/m0/s1. The monoisotopic (exact) mass is 143 g/mol. The fourth-order valence-corrected chi connectivity index (χ4v) is 1.65. The molecule has 0 aliphatic carbocycles. The van der Waals surface area contributed by atoms with E-state index >= 15 is 0 Å². The van der Waals surface area contributed by atoms with Crippen molar-refractivity contribution >= 4 is 0 Å². The number of rotatable bonds is 1. The summed E-state index contributed by atoms with van der Waals surface area (Å²) in [4.78, 5) is 2.25. The van der Waals surface area contributed by atoms with Crippen LogP contribution in [0.4, 0.5) is 0 Å². The van der Waals surface area contributed by atoms with Gasteiger partial charge in [-0.3, -0.25) is 4.90 Å². The van der Waals surface area contributed by atoms with Gasteiger partial charge in [0.2, 0.25) is 0 Å². The van der Waals surface area contributed by atoms with E-state index in [4.69, 9.17) is 0 Å². The second-order valence-electron chi connectivity index (χ2n) is 3.56. The lowest BCUT2D eigenvalue weighted by atomic mass is 9.93. The Morgan fingerprint density at radius 3 is 2.40 bits per heavy atom. The molecule has 0 aromatic carbocycles. The zero-order valence-corrected chi connectivity index (χ0v) is 7.09. The van der Waals surface area contributed by atoms with E-state index in [2.05, 4.69) is 18.9 Å². The lowest BCUT2D eigenvalue weighted by Gasteiger charge is -2.34. The molecule has 60 valence electrons. The Bertz CT molecular complexity index is 124. The predicted octanol–water partition coefficient (Wildman–Crippen LogP) is 0.851. The van der Waals surface area contributed by atoms with Crippen molar-refractivity contribution in [3.63, 3.8) is 0 Å². The van der Waals surface area contributed by atoms with Gasteiger partial charge in [-0.25, -0.2) is 0 Å². The van der Waals surface area contributed by atoms with Crippen LogP contribution in [0, 0.1) is 0 Å². The summed E-state index contributed by atoms with van der Waals surface area (Å²) in [5.74, 6) is 0. The van der Waals surface area contributed by atoms with Crippen LogP contribution in [0.5, 0.6) is 0 Å². The highest BCUT2D eigenvalue weighted by Gasteiger charge is 2.37. The van der Waals surface area contributed by atoms with Crippen molar-refractivity contribution in [1.29, 1.82) is 0 Å². The molecule has 1 aliphatic heterocycles. The maximum absolute atomic E-state index is 9.44. The Kier molecular flexibility index (Phi) is 2.02. The summed E-state index contributed by atoms with van der Waals surface area (Å²) in [7, 11) is 2.08. The maximum Gasteiger partial charge on any atom is 0.0692 e. The Hall–Kier alpha value is -0.0800. The molecule has 2 heteroatoms. The van der Waals surface area contributed by atoms with Gasteiger partial charge >= 0.3 is 0 Å². The molecule has 0 unspecified atom stereocenters. The first-order valence-corrected chi connectivity index (χ1v) is 3.96. The van der Waals surface area contributed by atoms with Gasteiger partial charge < -0.3 is 5.11 Å². The summed E-state index contributed by atoms with van der Waals surface area (Å²) in [5, 5.41) is 9.44. The average Bonchev–Trinajstić information content (AvgIpc) is 2.15. The van der Waals surface area contributed by atoms with Crippen molar-refractivity contribution in [3.8, 4) is 0 Å². The van der Waals surface area contributed by atoms with Crippen molar-refractivity contribution in [1.82, 2.24) is 4.90 Å². The van der Waals surface area contributed by atoms with Gasteiger partial charge in [0, 0.05) is 5.54 Å². The van der Waals surface area contributed by atoms with Crippen LogP contribution in [0.3, 0.4) is 0 Å². The quantitative estimate of drug-likeness (QED) is 0.588. The summed E-state index contributed by atoms with van der Waals surface area (Å²) in [5.41, 5.74) is 0.0417. The highest BCUT2D eigenvalue weighted by Crippen LogP contribution is 2.29. The Labute approximate surface area is 62.8 Å². The van der Waals surface area contributed by atoms with E-state index in [1.54, 1.807) is 0 Å². The molecule has 0 aromatic heterocycles. The topological polar surface area (TPSA) is 23.5 Å². The zero-order chi connectivity index (χ0) is 7.78. The van der Waals surface area contributed by atoms with Crippen molar-refractivity contribution in [2.75, 3.05) is 13.6 Å². The maximum atomic E-state index is 9.44. The molecule has 1 heterocycles. The lowest BCUT2D eigenvalue weighted by Crippen LogP contribution is -2.47. The minimum Gasteiger partial charge on any atom is -0.391 e. The zero-order valence-electron chi connectivity index (χ0n) is 7.09. The first kappa shape index (κ1) is 8.02. The minimum absolute atomic E-state index is 0.0417. The second kappa shape index (κ2) is 2.51. The van der Waals surface area contributed by atoms with Gasteiger partial charge in [-0.1, -0.05) is 0 Å². The summed E-state index contributed by atoms with van der Waals surface area (Å²) in [6, 6.07) is 0. The Morgan fingerprint density at radius 2 is 2.20 bits per heavy atom. The second-order valence-corrected chi connectivity index (χ2v) is 3.56. The molecule has 1 N–H and O–H groups in total. The van der Waals surface area contributed by atoms with Crippen molar-refractivity contribution in [2.45, 2.75) is 38.3 Å². The molecular weight excluding hydrogens is 126 g/mol. The number of hydrogen-bond acceptors (Lipinski definition) is 2. The third-order valence-corrected chi connectivity index (χ3v) is 2.95. The SMILES string of the molecule is C[C@H](O)[C@]1(C)CCCN1C. The Balaban J connectivity index is 2.66. The summed E-state index contributed by atoms with van der Waals surface area (Å²) in [6.07, 6.45) is 2.14. The van der Waals surface area contributed by atoms with Crippen LogP contribution in [-0.2, 0) is 0 Å². The third-order valence-electron chi connectivity index (χ3n) is 2.95. The molecule has 10 heavy (non-hydrogen) atoms. The lowest BCUT2D eigenvalue weighted by molar-refractivity contribution is 0.0300. The molecule has 2 nitrogen and oxygen atoms in total. The average molecular weight is 143 g/mol. The largest absolute Gasteiger partial charge is 0.391 e. The van der Waals surface area contributed by atoms with E-state index in [1.165, 1.54) is 6.42 Å². The van der Waals surface area contributed by atoms with Crippen molar-refractivity contribution in [2.24, 2.45) is 0 Å². The highest BCUT2D eigenvalue weighted by molar-refractivity contribution is 4.93. The fraction of sp³-hybridized carbons (Fsp3) is 1.00. The minimum atomic E-state index is -0.208. The van der Waals surface area contributed by atoms with E-state index in [9.17, 15) is 5.11 Å². The van der Waals surface area contributed by atoms with Gasteiger partial charge in [0.25, 0.3) is 0 Å². The summed E-state index contributed by atoms with van der Waals surface area (Å²) < 4.78 is 0. The molecule has 0 bridgehead atoms. The van der Waals surface area contributed by atoms with Crippen LogP contribution in [-0.4, -0.2) is 35.2 Å². The van der Waals surface area contributed by atoms with E-state index < -0.39 is 0 Å². The summed E-state index contributed by atoms with van der Waals surface area (Å²) in [6.45, 7) is 5.13. The third kappa shape index (κ3) is 1.06. The smallest absolute Gasteiger partial charge is 0.0692 e. The first-order chi connectivity index (χ1) is 4.57. The van der Waals surface area contributed by atoms with Crippen LogP contribution in [0.2, 0.25) is 0 Å². The van der Waals surface area contributed by atoms with Crippen LogP contribution in [0.15, 0.2) is 0 Å². The van der Waals surface area contributed by atoms with Gasteiger partial charge in [-0.15, -0.1) is 0 Å². The fourth-order valence-electron chi connectivity index (χ4n) is 1.65. The van der Waals surface area contributed by atoms with Gasteiger partial charge in [-0.2, -0.15) is 0 Å². The van der Waals surface area contributed by atoms with E-state index in [1.807, 2.05) is 6.92 Å². The van der Waals surface area contributed by atoms with E-state index in [-0.39, 0.29) is 11.6 Å². The normalized spacial score (nSPS) is 38.4. The summed E-state index contributed by atoms with van der Waals surface area (Å²) >= 11 is 0. The molecule has 0 saturated carbocycles.